The van der Waals surface area contributed by atoms with Crippen LogP contribution < -0.4 is 21.9 Å². The van der Waals surface area contributed by atoms with E-state index in [4.69, 9.17) is 5.73 Å². The van der Waals surface area contributed by atoms with Gasteiger partial charge in [0, 0.05) is 6.54 Å². The summed E-state index contributed by atoms with van der Waals surface area (Å²) in [6.45, 7) is 1.84. The molecule has 0 saturated carbocycles. The number of H-pyrrole nitrogens is 1. The van der Waals surface area contributed by atoms with Crippen molar-refractivity contribution in [1.82, 2.24) is 9.55 Å². The van der Waals surface area contributed by atoms with Gasteiger partial charge in [0.15, 0.2) is 5.69 Å². The van der Waals surface area contributed by atoms with Crippen LogP contribution in [0.2, 0.25) is 0 Å². The summed E-state index contributed by atoms with van der Waals surface area (Å²) in [4.78, 5) is 41.5. The van der Waals surface area contributed by atoms with Crippen LogP contribution >= 0.6 is 0 Å². The van der Waals surface area contributed by atoms with E-state index in [9.17, 15) is 27.6 Å². The second kappa shape index (κ2) is 9.76. The molecule has 33 heavy (non-hydrogen) atoms. The molecule has 0 aliphatic carbocycles. The topological polar surface area (TPSA) is 101 Å². The van der Waals surface area contributed by atoms with Crippen molar-refractivity contribution in [3.63, 3.8) is 0 Å². The number of halogens is 3. The van der Waals surface area contributed by atoms with Gasteiger partial charge in [0.1, 0.15) is 5.82 Å². The normalized spacial score (nSPS) is 11.4. The summed E-state index contributed by atoms with van der Waals surface area (Å²) in [7, 11) is 0. The zero-order valence-electron chi connectivity index (χ0n) is 17.9. The highest BCUT2D eigenvalue weighted by atomic mass is 19.4. The van der Waals surface area contributed by atoms with Crippen LogP contribution in [-0.2, 0) is 19.3 Å². The fourth-order valence-corrected chi connectivity index (χ4v) is 3.46. The van der Waals surface area contributed by atoms with Crippen LogP contribution in [0.15, 0.2) is 64.2 Å². The minimum atomic E-state index is -4.79. The number of alkyl halides is 3. The molecule has 0 aliphatic rings. The smallest absolute Gasteiger partial charge is 0.383 e. The molecule has 174 valence electrons. The first-order valence-corrected chi connectivity index (χ1v) is 10.3. The summed E-state index contributed by atoms with van der Waals surface area (Å²) in [5.41, 5.74) is 2.84. The number of hydrogen-bond donors (Lipinski definition) is 2. The second-order valence-corrected chi connectivity index (χ2v) is 7.42. The molecule has 0 saturated heterocycles. The maximum absolute atomic E-state index is 13.6. The standard InChI is InChI=1S/C23H23F3N4O3/c1-2-3-13-29-19(27)18(20(31)28-22(29)33)30(14-15-9-5-4-6-10-15)21(32)16-11-7-8-12-17(16)23(24,25)26/h4-12H,2-3,13-14,27H2,1H3,(H,28,31,33). The van der Waals surface area contributed by atoms with Gasteiger partial charge in [0.2, 0.25) is 0 Å². The van der Waals surface area contributed by atoms with Crippen LogP contribution in [0, 0.1) is 0 Å². The number of amides is 1. The van der Waals surface area contributed by atoms with Crippen LogP contribution in [0.3, 0.4) is 0 Å². The van der Waals surface area contributed by atoms with E-state index < -0.39 is 34.5 Å². The van der Waals surface area contributed by atoms with Gasteiger partial charge in [0.25, 0.3) is 11.5 Å². The lowest BCUT2D eigenvalue weighted by Gasteiger charge is -2.26. The van der Waals surface area contributed by atoms with Crippen LogP contribution in [-0.4, -0.2) is 15.5 Å². The van der Waals surface area contributed by atoms with Gasteiger partial charge >= 0.3 is 11.9 Å². The Hall–Kier alpha value is -3.82. The first-order chi connectivity index (χ1) is 15.6. The van der Waals surface area contributed by atoms with Gasteiger partial charge in [-0.3, -0.25) is 24.0 Å². The number of benzene rings is 2. The average molecular weight is 460 g/mol. The maximum Gasteiger partial charge on any atom is 0.417 e. The predicted octanol–water partition coefficient (Wildman–Crippen LogP) is 3.78. The van der Waals surface area contributed by atoms with Crippen molar-refractivity contribution in [1.29, 1.82) is 0 Å². The molecule has 0 fully saturated rings. The number of nitrogens with one attached hydrogen (secondary N) is 1. The van der Waals surface area contributed by atoms with Crippen molar-refractivity contribution >= 4 is 17.4 Å². The van der Waals surface area contributed by atoms with Gasteiger partial charge in [-0.1, -0.05) is 55.8 Å². The number of nitrogens with zero attached hydrogens (tertiary/aromatic N) is 2. The number of rotatable bonds is 7. The molecule has 2 aromatic carbocycles. The summed E-state index contributed by atoms with van der Waals surface area (Å²) < 4.78 is 41.9. The Morgan fingerprint density at radius 3 is 2.33 bits per heavy atom. The average Bonchev–Trinajstić information content (AvgIpc) is 2.78. The molecule has 0 atom stereocenters. The first-order valence-electron chi connectivity index (χ1n) is 10.3. The lowest BCUT2D eigenvalue weighted by molar-refractivity contribution is -0.137. The number of nitrogen functional groups attached to an aromatic ring is 1. The minimum absolute atomic E-state index is 0.178. The Labute approximate surface area is 187 Å². The van der Waals surface area contributed by atoms with E-state index in [0.717, 1.165) is 28.0 Å². The molecule has 3 aromatic rings. The third-order valence-electron chi connectivity index (χ3n) is 5.11. The maximum atomic E-state index is 13.6. The molecular weight excluding hydrogens is 437 g/mol. The van der Waals surface area contributed by atoms with Crippen molar-refractivity contribution in [3.8, 4) is 0 Å². The van der Waals surface area contributed by atoms with E-state index >= 15 is 0 Å². The molecule has 0 unspecified atom stereocenters. The number of anilines is 2. The Kier molecular flexibility index (Phi) is 7.05. The highest BCUT2D eigenvalue weighted by molar-refractivity contribution is 6.08. The zero-order chi connectivity index (χ0) is 24.2. The predicted molar refractivity (Wildman–Crippen MR) is 119 cm³/mol. The molecule has 1 aromatic heterocycles. The van der Waals surface area contributed by atoms with Crippen molar-refractivity contribution in [3.05, 3.63) is 92.1 Å². The Bertz CT molecular complexity index is 1250. The van der Waals surface area contributed by atoms with E-state index in [1.807, 2.05) is 6.92 Å². The molecule has 3 N–H and O–H groups in total. The zero-order valence-corrected chi connectivity index (χ0v) is 17.9. The SMILES string of the molecule is CCCCn1c(N)c(N(Cc2ccccc2)C(=O)c2ccccc2C(F)(F)F)c(=O)[nH]c1=O. The largest absolute Gasteiger partial charge is 0.417 e. The Morgan fingerprint density at radius 2 is 1.70 bits per heavy atom. The number of aromatic amines is 1. The highest BCUT2D eigenvalue weighted by Crippen LogP contribution is 2.33. The number of nitrogens with two attached hydrogens (primary N) is 1. The van der Waals surface area contributed by atoms with Crippen molar-refractivity contribution in [2.75, 3.05) is 10.6 Å². The second-order valence-electron chi connectivity index (χ2n) is 7.42. The van der Waals surface area contributed by atoms with Gasteiger partial charge in [-0.25, -0.2) is 4.79 Å². The molecule has 10 heteroatoms. The molecular formula is C23H23F3N4O3. The third-order valence-corrected chi connectivity index (χ3v) is 5.11. The van der Waals surface area contributed by atoms with Gasteiger partial charge < -0.3 is 5.73 Å². The summed E-state index contributed by atoms with van der Waals surface area (Å²) in [5, 5.41) is 0. The van der Waals surface area contributed by atoms with Crippen molar-refractivity contribution in [2.24, 2.45) is 0 Å². The van der Waals surface area contributed by atoms with E-state index in [2.05, 4.69) is 4.98 Å². The molecule has 0 radical (unpaired) electrons. The lowest BCUT2D eigenvalue weighted by Crippen LogP contribution is -2.41. The first kappa shape index (κ1) is 23.8. The number of aromatic nitrogens is 2. The minimum Gasteiger partial charge on any atom is -0.383 e. The monoisotopic (exact) mass is 460 g/mol. The Morgan fingerprint density at radius 1 is 1.06 bits per heavy atom. The number of carbonyl (C=O) groups is 1. The number of unbranched alkanes of at least 4 members (excludes halogenated alkanes) is 1. The molecule has 7 nitrogen and oxygen atoms in total. The number of carbonyl (C=O) groups excluding carboxylic acids is 1. The van der Waals surface area contributed by atoms with Gasteiger partial charge in [-0.2, -0.15) is 13.2 Å². The van der Waals surface area contributed by atoms with Crippen LogP contribution in [0.1, 0.15) is 41.3 Å². The molecule has 1 amide bonds. The molecule has 3 rings (SSSR count). The summed E-state index contributed by atoms with van der Waals surface area (Å²) in [5.74, 6) is -1.35. The fourth-order valence-electron chi connectivity index (χ4n) is 3.46. The van der Waals surface area contributed by atoms with Gasteiger partial charge in [0.05, 0.1) is 17.7 Å². The van der Waals surface area contributed by atoms with Crippen LogP contribution in [0.5, 0.6) is 0 Å². The van der Waals surface area contributed by atoms with Crippen LogP contribution in [0.25, 0.3) is 0 Å². The summed E-state index contributed by atoms with van der Waals surface area (Å²) in [6.07, 6.45) is -3.49. The van der Waals surface area contributed by atoms with E-state index in [1.165, 1.54) is 12.1 Å². The molecule has 0 spiro atoms. The summed E-state index contributed by atoms with van der Waals surface area (Å²) in [6, 6.07) is 12.8. The van der Waals surface area contributed by atoms with E-state index in [-0.39, 0.29) is 24.6 Å². The van der Waals surface area contributed by atoms with Crippen molar-refractivity contribution in [2.45, 2.75) is 39.0 Å². The molecule has 1 heterocycles. The lowest BCUT2D eigenvalue weighted by atomic mass is 10.0. The van der Waals surface area contributed by atoms with Crippen molar-refractivity contribution < 1.29 is 18.0 Å². The van der Waals surface area contributed by atoms with Gasteiger partial charge in [-0.15, -0.1) is 0 Å². The highest BCUT2D eigenvalue weighted by Gasteiger charge is 2.37. The van der Waals surface area contributed by atoms with E-state index in [0.29, 0.717) is 12.0 Å². The fraction of sp³-hybridized carbons (Fsp3) is 0.261. The number of hydrogen-bond acceptors (Lipinski definition) is 4. The quantitative estimate of drug-likeness (QED) is 0.560. The van der Waals surface area contributed by atoms with Gasteiger partial charge in [-0.05, 0) is 24.1 Å². The Balaban J connectivity index is 2.22. The third kappa shape index (κ3) is 5.16. The summed E-state index contributed by atoms with van der Waals surface area (Å²) >= 11 is 0. The van der Waals surface area contributed by atoms with E-state index in [1.54, 1.807) is 30.3 Å². The molecule has 0 aliphatic heterocycles. The van der Waals surface area contributed by atoms with Crippen LogP contribution in [0.4, 0.5) is 24.7 Å². The molecule has 0 bridgehead atoms.